The number of rotatable bonds is 0. The summed E-state index contributed by atoms with van der Waals surface area (Å²) >= 11 is 0. The molecule has 0 spiro atoms. The topological polar surface area (TPSA) is 0 Å². The molecule has 0 aromatic carbocycles. The van der Waals surface area contributed by atoms with Gasteiger partial charge in [0.25, 0.3) is 0 Å². The molecule has 0 saturated carbocycles. The van der Waals surface area contributed by atoms with Crippen molar-refractivity contribution >= 4 is 15.7 Å². The molecule has 0 N–H and O–H groups in total. The van der Waals surface area contributed by atoms with Crippen molar-refractivity contribution in [3.05, 3.63) is 17.7 Å². The molecule has 0 fully saturated rings. The largest absolute Gasteiger partial charge is 4.00 e. The molecule has 6 heteroatoms. The molecule has 50 valence electrons. The van der Waals surface area contributed by atoms with E-state index in [-0.39, 0.29) is 63.4 Å². The van der Waals surface area contributed by atoms with Crippen molar-refractivity contribution in [1.82, 2.24) is 0 Å². The molecule has 0 bridgehead atoms. The fourth-order valence-electron chi connectivity index (χ4n) is 0.186. The average molecular weight is 299 g/mol. The summed E-state index contributed by atoms with van der Waals surface area (Å²) in [5.41, 5.74) is 0. The van der Waals surface area contributed by atoms with Gasteiger partial charge in [-0.2, -0.15) is 13.7 Å². The maximum absolute atomic E-state index is 3.03. The second-order valence-corrected chi connectivity index (χ2v) is 3.22. The molecular weight excluding hydrogens is 296 g/mol. The Labute approximate surface area is 96.0 Å². The standard InChI is InChI=1S/C3H3P2.3ClH.Zr/c1-2-4-5-3-1;;;;/h1-2,4H;3*1H;/q-1;;;;+4/p-3. The summed E-state index contributed by atoms with van der Waals surface area (Å²) in [7, 11) is 2.35. The van der Waals surface area contributed by atoms with Crippen LogP contribution in [0, 0.1) is 5.80 Å². The normalized spacial score (nSPS) is 6.22. The van der Waals surface area contributed by atoms with Crippen molar-refractivity contribution in [3.8, 4) is 0 Å². The van der Waals surface area contributed by atoms with E-state index in [1.807, 2.05) is 6.07 Å². The first-order chi connectivity index (χ1) is 2.50. The minimum absolute atomic E-state index is 0. The molecular formula is C3H3Cl3P2Zr. The van der Waals surface area contributed by atoms with Crippen LogP contribution in [0.1, 0.15) is 0 Å². The van der Waals surface area contributed by atoms with E-state index >= 15 is 0 Å². The van der Waals surface area contributed by atoms with Crippen molar-refractivity contribution in [2.24, 2.45) is 0 Å². The first-order valence-corrected chi connectivity index (χ1v) is 4.17. The molecule has 0 nitrogen and oxygen atoms in total. The molecule has 0 radical (unpaired) electrons. The Morgan fingerprint density at radius 1 is 1.22 bits per heavy atom. The van der Waals surface area contributed by atoms with Gasteiger partial charge < -0.3 is 37.2 Å². The molecule has 0 aliphatic rings. The Hall–Kier alpha value is 1.96. The summed E-state index contributed by atoms with van der Waals surface area (Å²) in [5.74, 6) is 5.17. The van der Waals surface area contributed by atoms with E-state index in [1.54, 1.807) is 0 Å². The van der Waals surface area contributed by atoms with Crippen molar-refractivity contribution in [1.29, 1.82) is 0 Å². The number of hydrogen-bond acceptors (Lipinski definition) is 0. The third kappa shape index (κ3) is 13.0. The third-order valence-corrected chi connectivity index (χ3v) is 2.31. The fourth-order valence-corrected chi connectivity index (χ4v) is 1.68. The van der Waals surface area contributed by atoms with Crippen LogP contribution in [-0.2, 0) is 26.2 Å². The van der Waals surface area contributed by atoms with Gasteiger partial charge >= 0.3 is 26.2 Å². The minimum Gasteiger partial charge on any atom is -1.00 e. The van der Waals surface area contributed by atoms with Gasteiger partial charge in [-0.05, 0) is 0 Å². The summed E-state index contributed by atoms with van der Waals surface area (Å²) in [6, 6.07) is 1.99. The Kier molecular flexibility index (Phi) is 41.2. The first kappa shape index (κ1) is 22.4. The third-order valence-electron chi connectivity index (χ3n) is 0.362. The number of halogens is 3. The van der Waals surface area contributed by atoms with Crippen LogP contribution in [0.5, 0.6) is 0 Å². The molecule has 0 aliphatic carbocycles. The van der Waals surface area contributed by atoms with Crippen molar-refractivity contribution < 1.29 is 63.4 Å². The van der Waals surface area contributed by atoms with Gasteiger partial charge in [-0.15, -0.1) is 0 Å². The van der Waals surface area contributed by atoms with Gasteiger partial charge in [0, 0.05) is 0 Å². The average Bonchev–Trinajstić information content (AvgIpc) is 1.76. The molecule has 1 aromatic rings. The Morgan fingerprint density at radius 2 is 1.78 bits per heavy atom. The van der Waals surface area contributed by atoms with Crippen LogP contribution in [0.25, 0.3) is 0 Å². The molecule has 0 aliphatic heterocycles. The van der Waals surface area contributed by atoms with Gasteiger partial charge in [-0.1, -0.05) is 0 Å². The fraction of sp³-hybridized carbons (Fsp3) is 0. The molecule has 1 unspecified atom stereocenters. The summed E-state index contributed by atoms with van der Waals surface area (Å²) in [6.07, 6.45) is 0. The zero-order valence-corrected chi connectivity index (χ0v) is 10.9. The Balaban J connectivity index is -0.0000000312. The number of hydrogen-bond donors (Lipinski definition) is 0. The molecule has 1 aromatic heterocycles. The summed E-state index contributed by atoms with van der Waals surface area (Å²) in [4.78, 5) is 0. The molecule has 1 rings (SSSR count). The van der Waals surface area contributed by atoms with Gasteiger partial charge in [0.05, 0.1) is 0 Å². The van der Waals surface area contributed by atoms with Gasteiger partial charge in [-0.3, -0.25) is 0 Å². The predicted octanol–water partition coefficient (Wildman–Crippen LogP) is -6.89. The van der Waals surface area contributed by atoms with Crippen LogP contribution in [0.2, 0.25) is 0 Å². The van der Waals surface area contributed by atoms with Crippen molar-refractivity contribution in [2.75, 3.05) is 0 Å². The van der Waals surface area contributed by atoms with E-state index in [4.69, 9.17) is 0 Å². The monoisotopic (exact) mass is 296 g/mol. The van der Waals surface area contributed by atoms with Crippen molar-refractivity contribution in [2.45, 2.75) is 0 Å². The Morgan fingerprint density at radius 3 is 1.89 bits per heavy atom. The van der Waals surface area contributed by atoms with Crippen LogP contribution >= 0.6 is 15.7 Å². The van der Waals surface area contributed by atoms with Gasteiger partial charge in [0.1, 0.15) is 0 Å². The van der Waals surface area contributed by atoms with E-state index in [9.17, 15) is 0 Å². The predicted molar refractivity (Wildman–Crippen MR) is 27.3 cm³/mol. The zero-order chi connectivity index (χ0) is 3.54. The van der Waals surface area contributed by atoms with Gasteiger partial charge in [0.2, 0.25) is 0 Å². The van der Waals surface area contributed by atoms with Gasteiger partial charge in [-0.25, -0.2) is 19.7 Å². The summed E-state index contributed by atoms with van der Waals surface area (Å²) in [5, 5.41) is 0. The Bertz CT molecular complexity index is 73.5. The van der Waals surface area contributed by atoms with E-state index in [1.165, 1.54) is 7.87 Å². The minimum atomic E-state index is 0. The van der Waals surface area contributed by atoms with E-state index in [2.05, 4.69) is 11.6 Å². The molecule has 9 heavy (non-hydrogen) atoms. The van der Waals surface area contributed by atoms with E-state index in [0.29, 0.717) is 0 Å². The van der Waals surface area contributed by atoms with Crippen molar-refractivity contribution in [3.63, 3.8) is 0 Å². The van der Waals surface area contributed by atoms with Crippen LogP contribution in [-0.4, -0.2) is 0 Å². The summed E-state index contributed by atoms with van der Waals surface area (Å²) < 4.78 is 0. The van der Waals surface area contributed by atoms with Crippen LogP contribution in [0.3, 0.4) is 0 Å². The zero-order valence-electron chi connectivity index (χ0n) is 4.24. The molecule has 1 heterocycles. The molecule has 0 saturated heterocycles. The molecule has 1 atom stereocenters. The maximum Gasteiger partial charge on any atom is 4.00 e. The summed E-state index contributed by atoms with van der Waals surface area (Å²) in [6.45, 7) is 0. The van der Waals surface area contributed by atoms with Crippen LogP contribution in [0.4, 0.5) is 0 Å². The second kappa shape index (κ2) is 16.5. The smallest absolute Gasteiger partial charge is 1.00 e. The van der Waals surface area contributed by atoms with Crippen LogP contribution in [0.15, 0.2) is 11.9 Å². The maximum atomic E-state index is 3.03. The second-order valence-electron chi connectivity index (χ2n) is 0.703. The SMILES string of the molecule is [Cl-].[Cl-].[Cl-].[Zr+4].[c-]1cc[pH]p1. The quantitative estimate of drug-likeness (QED) is 0.418. The van der Waals surface area contributed by atoms with Crippen LogP contribution < -0.4 is 37.2 Å². The van der Waals surface area contributed by atoms with E-state index in [0.717, 1.165) is 7.87 Å². The van der Waals surface area contributed by atoms with E-state index < -0.39 is 0 Å². The first-order valence-electron chi connectivity index (χ1n) is 1.36. The van der Waals surface area contributed by atoms with Gasteiger partial charge in [0.15, 0.2) is 0 Å². The molecule has 0 amide bonds.